The van der Waals surface area contributed by atoms with Gasteiger partial charge in [-0.1, -0.05) is 32.4 Å². The number of halogens is 3. The molecule has 0 bridgehead atoms. The first kappa shape index (κ1) is 18.3. The molecular formula is C15H21F3N2O2. The maximum absolute atomic E-state index is 12.0. The molecule has 0 heterocycles. The molecule has 4 nitrogen and oxygen atoms in total. The monoisotopic (exact) mass is 318 g/mol. The van der Waals surface area contributed by atoms with Gasteiger partial charge in [0.25, 0.3) is 0 Å². The normalized spacial score (nSPS) is 14.3. The lowest BCUT2D eigenvalue weighted by molar-refractivity contribution is -0.274. The molecule has 3 N–H and O–H groups in total. The van der Waals surface area contributed by atoms with Crippen LogP contribution in [0.5, 0.6) is 5.75 Å². The minimum Gasteiger partial charge on any atom is -0.406 e. The molecule has 0 fully saturated rings. The van der Waals surface area contributed by atoms with Gasteiger partial charge < -0.3 is 15.8 Å². The third-order valence-electron chi connectivity index (χ3n) is 3.43. The minimum atomic E-state index is -4.69. The number of alkyl halides is 3. The van der Waals surface area contributed by atoms with E-state index < -0.39 is 12.4 Å². The second-order valence-electron chi connectivity index (χ2n) is 5.14. The van der Waals surface area contributed by atoms with Crippen LogP contribution in [0.25, 0.3) is 0 Å². The van der Waals surface area contributed by atoms with Crippen molar-refractivity contribution in [2.24, 2.45) is 11.7 Å². The Kier molecular flexibility index (Phi) is 6.67. The number of ether oxygens (including phenoxy) is 1. The van der Waals surface area contributed by atoms with Gasteiger partial charge in [0.2, 0.25) is 5.91 Å². The number of carbonyl (C=O) groups is 1. The van der Waals surface area contributed by atoms with Crippen LogP contribution in [0.3, 0.4) is 0 Å². The van der Waals surface area contributed by atoms with Crippen molar-refractivity contribution in [1.29, 1.82) is 0 Å². The van der Waals surface area contributed by atoms with E-state index in [1.54, 1.807) is 0 Å². The molecule has 0 aliphatic carbocycles. The molecule has 2 atom stereocenters. The highest BCUT2D eigenvalue weighted by molar-refractivity contribution is 5.81. The van der Waals surface area contributed by atoms with Gasteiger partial charge in [0, 0.05) is 6.54 Å². The molecule has 0 aliphatic rings. The van der Waals surface area contributed by atoms with E-state index in [0.29, 0.717) is 13.0 Å². The summed E-state index contributed by atoms with van der Waals surface area (Å²) in [6, 6.07) is 5.00. The zero-order valence-electron chi connectivity index (χ0n) is 12.6. The Morgan fingerprint density at radius 2 is 1.91 bits per heavy atom. The van der Waals surface area contributed by atoms with E-state index in [1.807, 2.05) is 13.8 Å². The Balaban J connectivity index is 2.41. The molecule has 7 heteroatoms. The molecule has 0 spiro atoms. The quantitative estimate of drug-likeness (QED) is 0.812. The van der Waals surface area contributed by atoms with Crippen LogP contribution in [0.4, 0.5) is 13.2 Å². The number of carbonyl (C=O) groups excluding carboxylic acids is 1. The molecule has 124 valence electrons. The predicted molar refractivity (Wildman–Crippen MR) is 77.3 cm³/mol. The summed E-state index contributed by atoms with van der Waals surface area (Å²) < 4.78 is 39.8. The van der Waals surface area contributed by atoms with E-state index in [2.05, 4.69) is 10.1 Å². The number of rotatable bonds is 7. The van der Waals surface area contributed by atoms with Gasteiger partial charge in [0.05, 0.1) is 6.04 Å². The Labute approximate surface area is 127 Å². The zero-order valence-corrected chi connectivity index (χ0v) is 12.6. The van der Waals surface area contributed by atoms with Crippen molar-refractivity contribution in [3.8, 4) is 5.75 Å². The highest BCUT2D eigenvalue weighted by Gasteiger charge is 2.30. The molecule has 1 aromatic carbocycles. The molecule has 0 saturated carbocycles. The Hall–Kier alpha value is -1.76. The molecule has 1 rings (SSSR count). The van der Waals surface area contributed by atoms with E-state index in [0.717, 1.165) is 12.0 Å². The van der Waals surface area contributed by atoms with Gasteiger partial charge in [-0.3, -0.25) is 4.79 Å². The highest BCUT2D eigenvalue weighted by atomic mass is 19.4. The molecule has 0 aromatic heterocycles. The number of nitrogens with one attached hydrogen (secondary N) is 1. The second-order valence-corrected chi connectivity index (χ2v) is 5.14. The maximum Gasteiger partial charge on any atom is 0.573 e. The zero-order chi connectivity index (χ0) is 16.8. The first-order chi connectivity index (χ1) is 10.2. The Bertz CT molecular complexity index is 475. The van der Waals surface area contributed by atoms with E-state index in [-0.39, 0.29) is 17.6 Å². The SMILES string of the molecule is CCC(C)C(N)C(=O)NCCc1ccc(OC(F)(F)F)cc1. The van der Waals surface area contributed by atoms with Crippen LogP contribution >= 0.6 is 0 Å². The van der Waals surface area contributed by atoms with Crippen molar-refractivity contribution >= 4 is 5.91 Å². The number of hydrogen-bond acceptors (Lipinski definition) is 3. The topological polar surface area (TPSA) is 64.4 Å². The first-order valence-electron chi connectivity index (χ1n) is 7.11. The van der Waals surface area contributed by atoms with Crippen LogP contribution in [0.2, 0.25) is 0 Å². The average molecular weight is 318 g/mol. The Morgan fingerprint density at radius 3 is 2.41 bits per heavy atom. The summed E-state index contributed by atoms with van der Waals surface area (Å²) in [6.45, 7) is 4.24. The molecule has 22 heavy (non-hydrogen) atoms. The van der Waals surface area contributed by atoms with Crippen LogP contribution in [-0.2, 0) is 11.2 Å². The van der Waals surface area contributed by atoms with Gasteiger partial charge in [-0.2, -0.15) is 0 Å². The largest absolute Gasteiger partial charge is 0.573 e. The van der Waals surface area contributed by atoms with Crippen molar-refractivity contribution in [1.82, 2.24) is 5.32 Å². The Morgan fingerprint density at radius 1 is 1.32 bits per heavy atom. The van der Waals surface area contributed by atoms with Crippen LogP contribution in [0.15, 0.2) is 24.3 Å². The maximum atomic E-state index is 12.0. The van der Waals surface area contributed by atoms with Gasteiger partial charge in [0.1, 0.15) is 5.75 Å². The molecule has 2 unspecified atom stereocenters. The van der Waals surface area contributed by atoms with Crippen molar-refractivity contribution in [2.75, 3.05) is 6.54 Å². The number of hydrogen-bond donors (Lipinski definition) is 2. The van der Waals surface area contributed by atoms with Crippen molar-refractivity contribution in [3.05, 3.63) is 29.8 Å². The molecular weight excluding hydrogens is 297 g/mol. The standard InChI is InChI=1S/C15H21F3N2O2/c1-3-10(2)13(19)14(21)20-9-8-11-4-6-12(7-5-11)22-15(16,17)18/h4-7,10,13H,3,8-9,19H2,1-2H3,(H,20,21). The van der Waals surface area contributed by atoms with Crippen LogP contribution in [0, 0.1) is 5.92 Å². The van der Waals surface area contributed by atoms with Gasteiger partial charge in [-0.15, -0.1) is 13.2 Å². The van der Waals surface area contributed by atoms with Crippen LogP contribution < -0.4 is 15.8 Å². The molecule has 0 saturated heterocycles. The predicted octanol–water partition coefficient (Wildman–Crippen LogP) is 2.62. The third-order valence-corrected chi connectivity index (χ3v) is 3.43. The minimum absolute atomic E-state index is 0.0961. The lowest BCUT2D eigenvalue weighted by atomic mass is 9.99. The lowest BCUT2D eigenvalue weighted by Gasteiger charge is -2.17. The highest BCUT2D eigenvalue weighted by Crippen LogP contribution is 2.22. The fraction of sp³-hybridized carbons (Fsp3) is 0.533. The van der Waals surface area contributed by atoms with Crippen molar-refractivity contribution in [2.45, 2.75) is 39.1 Å². The van der Waals surface area contributed by atoms with Gasteiger partial charge in [0.15, 0.2) is 0 Å². The molecule has 1 amide bonds. The summed E-state index contributed by atoms with van der Waals surface area (Å²) in [6.07, 6.45) is -3.37. The summed E-state index contributed by atoms with van der Waals surface area (Å²) in [4.78, 5) is 11.8. The average Bonchev–Trinajstić information content (AvgIpc) is 2.45. The molecule has 1 aromatic rings. The third kappa shape index (κ3) is 6.34. The first-order valence-corrected chi connectivity index (χ1v) is 7.11. The van der Waals surface area contributed by atoms with Crippen molar-refractivity contribution in [3.63, 3.8) is 0 Å². The summed E-state index contributed by atoms with van der Waals surface area (Å²) in [7, 11) is 0. The fourth-order valence-electron chi connectivity index (χ4n) is 1.82. The molecule has 0 aliphatic heterocycles. The number of benzene rings is 1. The van der Waals surface area contributed by atoms with Crippen LogP contribution in [0.1, 0.15) is 25.8 Å². The number of nitrogens with two attached hydrogens (primary N) is 1. The fourth-order valence-corrected chi connectivity index (χ4v) is 1.82. The summed E-state index contributed by atoms with van der Waals surface area (Å²) in [5.74, 6) is -0.385. The second kappa shape index (κ2) is 8.03. The molecule has 0 radical (unpaired) electrons. The summed E-state index contributed by atoms with van der Waals surface area (Å²) in [5, 5.41) is 2.72. The van der Waals surface area contributed by atoms with Gasteiger partial charge in [-0.05, 0) is 30.0 Å². The van der Waals surface area contributed by atoms with Gasteiger partial charge >= 0.3 is 6.36 Å². The van der Waals surface area contributed by atoms with Gasteiger partial charge in [-0.25, -0.2) is 0 Å². The lowest BCUT2D eigenvalue weighted by Crippen LogP contribution is -2.45. The van der Waals surface area contributed by atoms with E-state index >= 15 is 0 Å². The van der Waals surface area contributed by atoms with Crippen molar-refractivity contribution < 1.29 is 22.7 Å². The van der Waals surface area contributed by atoms with Crippen LogP contribution in [-0.4, -0.2) is 24.9 Å². The summed E-state index contributed by atoms with van der Waals surface area (Å²) >= 11 is 0. The summed E-state index contributed by atoms with van der Waals surface area (Å²) in [5.41, 5.74) is 6.59. The van der Waals surface area contributed by atoms with E-state index in [1.165, 1.54) is 24.3 Å². The smallest absolute Gasteiger partial charge is 0.406 e. The van der Waals surface area contributed by atoms with E-state index in [9.17, 15) is 18.0 Å². The number of amides is 1. The van der Waals surface area contributed by atoms with E-state index in [4.69, 9.17) is 5.73 Å².